The number of hydrogen-bond donors (Lipinski definition) is 2. The second kappa shape index (κ2) is 8.42. The van der Waals surface area contributed by atoms with E-state index in [4.69, 9.17) is 0 Å². The number of benzene rings is 2. The third-order valence-electron chi connectivity index (χ3n) is 4.13. The van der Waals surface area contributed by atoms with E-state index in [2.05, 4.69) is 10.0 Å². The summed E-state index contributed by atoms with van der Waals surface area (Å²) in [5, 5.41) is 2.84. The maximum atomic E-state index is 13.0. The highest BCUT2D eigenvalue weighted by atomic mass is 32.2. The van der Waals surface area contributed by atoms with E-state index in [1.165, 1.54) is 12.1 Å². The smallest absolute Gasteiger partial charge is 0.242 e. The van der Waals surface area contributed by atoms with Crippen molar-refractivity contribution in [2.45, 2.75) is 44.6 Å². The van der Waals surface area contributed by atoms with E-state index in [0.29, 0.717) is 5.69 Å². The predicted molar refractivity (Wildman–Crippen MR) is 100.0 cm³/mol. The Morgan fingerprint density at radius 3 is 2.35 bits per heavy atom. The molecule has 1 atom stereocenters. The Hall–Kier alpha value is -2.25. The van der Waals surface area contributed by atoms with Crippen LogP contribution in [-0.2, 0) is 21.2 Å². The molecule has 0 saturated carbocycles. The molecule has 5 nitrogen and oxygen atoms in total. The highest BCUT2D eigenvalue weighted by molar-refractivity contribution is 7.89. The van der Waals surface area contributed by atoms with E-state index in [1.54, 1.807) is 6.92 Å². The molecule has 26 heavy (non-hydrogen) atoms. The second-order valence-corrected chi connectivity index (χ2v) is 7.70. The molecule has 2 aromatic rings. The van der Waals surface area contributed by atoms with Crippen LogP contribution in [0.5, 0.6) is 0 Å². The first-order valence-corrected chi connectivity index (χ1v) is 9.94. The molecule has 0 aromatic heterocycles. The number of nitrogens with one attached hydrogen (secondary N) is 2. The number of amides is 1. The lowest BCUT2D eigenvalue weighted by molar-refractivity contribution is -0.117. The van der Waals surface area contributed by atoms with Crippen LogP contribution in [0, 0.1) is 12.7 Å². The molecule has 0 aliphatic rings. The lowest BCUT2D eigenvalue weighted by Crippen LogP contribution is -2.43. The standard InChI is InChI=1S/C19H23FN2O3S/c1-4-14-8-6-7-13(3)18(14)21-19(23)17(5-2)22-26(24,25)16-11-9-15(20)10-12-16/h6-12,17,22H,4-5H2,1-3H3,(H,21,23). The Bertz CT molecular complexity index is 880. The maximum absolute atomic E-state index is 13.0. The first-order valence-electron chi connectivity index (χ1n) is 8.45. The molecule has 2 aromatic carbocycles. The van der Waals surface area contributed by atoms with Gasteiger partial charge >= 0.3 is 0 Å². The number of para-hydroxylation sites is 1. The fourth-order valence-corrected chi connectivity index (χ4v) is 3.88. The maximum Gasteiger partial charge on any atom is 0.242 e. The molecule has 1 amide bonds. The minimum atomic E-state index is -3.93. The highest BCUT2D eigenvalue weighted by Crippen LogP contribution is 2.21. The summed E-state index contributed by atoms with van der Waals surface area (Å²) in [6, 6.07) is 9.25. The van der Waals surface area contributed by atoms with Gasteiger partial charge in [0.25, 0.3) is 0 Å². The highest BCUT2D eigenvalue weighted by Gasteiger charge is 2.25. The van der Waals surface area contributed by atoms with Gasteiger partial charge < -0.3 is 5.32 Å². The zero-order chi connectivity index (χ0) is 19.3. The largest absolute Gasteiger partial charge is 0.324 e. The zero-order valence-electron chi connectivity index (χ0n) is 15.0. The molecule has 0 aliphatic heterocycles. The number of hydrogen-bond acceptors (Lipinski definition) is 3. The molecule has 140 valence electrons. The van der Waals surface area contributed by atoms with Crippen LogP contribution < -0.4 is 10.0 Å². The van der Waals surface area contributed by atoms with Gasteiger partial charge in [-0.05, 0) is 55.2 Å². The van der Waals surface area contributed by atoms with Crippen molar-refractivity contribution in [2.24, 2.45) is 0 Å². The number of anilines is 1. The lowest BCUT2D eigenvalue weighted by Gasteiger charge is -2.19. The minimum absolute atomic E-state index is 0.0877. The molecule has 0 spiro atoms. The molecule has 1 unspecified atom stereocenters. The summed E-state index contributed by atoms with van der Waals surface area (Å²) in [5.74, 6) is -0.956. The fourth-order valence-electron chi connectivity index (χ4n) is 2.60. The van der Waals surface area contributed by atoms with Crippen LogP contribution in [0.4, 0.5) is 10.1 Å². The predicted octanol–water partition coefficient (Wildman–Crippen LogP) is 3.39. The van der Waals surface area contributed by atoms with Crippen LogP contribution in [0.15, 0.2) is 47.4 Å². The van der Waals surface area contributed by atoms with Crippen molar-refractivity contribution in [2.75, 3.05) is 5.32 Å². The third kappa shape index (κ3) is 4.68. The van der Waals surface area contributed by atoms with E-state index < -0.39 is 27.8 Å². The molecule has 0 bridgehead atoms. The quantitative estimate of drug-likeness (QED) is 0.775. The van der Waals surface area contributed by atoms with Gasteiger partial charge in [-0.3, -0.25) is 4.79 Å². The Labute approximate surface area is 153 Å². The number of rotatable bonds is 7. The van der Waals surface area contributed by atoms with E-state index in [9.17, 15) is 17.6 Å². The molecule has 7 heteroatoms. The lowest BCUT2D eigenvalue weighted by atomic mass is 10.1. The van der Waals surface area contributed by atoms with Gasteiger partial charge in [0.15, 0.2) is 0 Å². The van der Waals surface area contributed by atoms with Crippen LogP contribution >= 0.6 is 0 Å². The van der Waals surface area contributed by atoms with Gasteiger partial charge in [0.1, 0.15) is 11.9 Å². The van der Waals surface area contributed by atoms with Gasteiger partial charge in [-0.2, -0.15) is 4.72 Å². The topological polar surface area (TPSA) is 75.3 Å². The Kier molecular flexibility index (Phi) is 6.50. The second-order valence-electron chi connectivity index (χ2n) is 5.99. The van der Waals surface area contributed by atoms with Crippen LogP contribution in [0.1, 0.15) is 31.4 Å². The van der Waals surface area contributed by atoms with Gasteiger partial charge in [0.05, 0.1) is 4.90 Å². The molecule has 2 rings (SSSR count). The number of carbonyl (C=O) groups excluding carboxylic acids is 1. The molecule has 0 radical (unpaired) electrons. The molecule has 0 saturated heterocycles. The van der Waals surface area contributed by atoms with Gasteiger partial charge in [-0.15, -0.1) is 0 Å². The average molecular weight is 378 g/mol. The van der Waals surface area contributed by atoms with E-state index in [0.717, 1.165) is 29.7 Å². The third-order valence-corrected chi connectivity index (χ3v) is 5.62. The van der Waals surface area contributed by atoms with Gasteiger partial charge in [0.2, 0.25) is 15.9 Å². The van der Waals surface area contributed by atoms with Crippen LogP contribution in [0.3, 0.4) is 0 Å². The van der Waals surface area contributed by atoms with Crippen LogP contribution in [0.2, 0.25) is 0 Å². The summed E-state index contributed by atoms with van der Waals surface area (Å²) in [6.07, 6.45) is 1.02. The summed E-state index contributed by atoms with van der Waals surface area (Å²) >= 11 is 0. The normalized spacial score (nSPS) is 12.6. The summed E-state index contributed by atoms with van der Waals surface area (Å²) in [4.78, 5) is 12.5. The van der Waals surface area contributed by atoms with E-state index in [-0.39, 0.29) is 11.3 Å². The fraction of sp³-hybridized carbons (Fsp3) is 0.316. The van der Waals surface area contributed by atoms with Crippen molar-refractivity contribution in [1.29, 1.82) is 0 Å². The van der Waals surface area contributed by atoms with Crippen molar-refractivity contribution in [3.63, 3.8) is 0 Å². The molecule has 2 N–H and O–H groups in total. The van der Waals surface area contributed by atoms with Gasteiger partial charge in [-0.25, -0.2) is 12.8 Å². The van der Waals surface area contributed by atoms with Gasteiger partial charge in [-0.1, -0.05) is 32.0 Å². The number of sulfonamides is 1. The molecule has 0 aliphatic carbocycles. The Morgan fingerprint density at radius 2 is 1.77 bits per heavy atom. The number of aryl methyl sites for hydroxylation is 2. The van der Waals surface area contributed by atoms with Gasteiger partial charge in [0, 0.05) is 5.69 Å². The van der Waals surface area contributed by atoms with Crippen molar-refractivity contribution < 1.29 is 17.6 Å². The minimum Gasteiger partial charge on any atom is -0.324 e. The van der Waals surface area contributed by atoms with Crippen LogP contribution in [-0.4, -0.2) is 20.4 Å². The average Bonchev–Trinajstić information content (AvgIpc) is 2.61. The number of carbonyl (C=O) groups is 1. The summed E-state index contributed by atoms with van der Waals surface area (Å²) in [7, 11) is -3.93. The first kappa shape index (κ1) is 20.1. The Morgan fingerprint density at radius 1 is 1.12 bits per heavy atom. The molecule has 0 fully saturated rings. The SMILES string of the molecule is CCc1cccc(C)c1NC(=O)C(CC)NS(=O)(=O)c1ccc(F)cc1. The van der Waals surface area contributed by atoms with Crippen molar-refractivity contribution >= 4 is 21.6 Å². The summed E-state index contributed by atoms with van der Waals surface area (Å²) < 4.78 is 40.3. The first-order chi connectivity index (χ1) is 12.3. The van der Waals surface area contributed by atoms with Crippen molar-refractivity contribution in [3.05, 3.63) is 59.4 Å². The zero-order valence-corrected chi connectivity index (χ0v) is 15.9. The Balaban J connectivity index is 2.20. The van der Waals surface area contributed by atoms with Crippen LogP contribution in [0.25, 0.3) is 0 Å². The van der Waals surface area contributed by atoms with E-state index >= 15 is 0 Å². The molecular formula is C19H23FN2O3S. The van der Waals surface area contributed by atoms with E-state index in [1.807, 2.05) is 32.0 Å². The number of halogens is 1. The summed E-state index contributed by atoms with van der Waals surface area (Å²) in [5.41, 5.74) is 2.60. The van der Waals surface area contributed by atoms with Crippen molar-refractivity contribution in [1.82, 2.24) is 4.72 Å². The summed E-state index contributed by atoms with van der Waals surface area (Å²) in [6.45, 7) is 5.59. The molecular weight excluding hydrogens is 355 g/mol. The molecule has 0 heterocycles. The van der Waals surface area contributed by atoms with Crippen molar-refractivity contribution in [3.8, 4) is 0 Å². The monoisotopic (exact) mass is 378 g/mol.